The summed E-state index contributed by atoms with van der Waals surface area (Å²) in [5, 5.41) is 10.3. The summed E-state index contributed by atoms with van der Waals surface area (Å²) < 4.78 is 5.87. The second-order valence-electron chi connectivity index (χ2n) is 7.20. The Morgan fingerprint density at radius 2 is 2.21 bits per heavy atom. The van der Waals surface area contributed by atoms with E-state index in [1.807, 2.05) is 4.90 Å². The molecule has 3 heterocycles. The van der Waals surface area contributed by atoms with Crippen molar-refractivity contribution in [2.45, 2.75) is 19.4 Å². The molecular weight excluding hydrogens is 308 g/mol. The number of aromatic nitrogens is 2. The average Bonchev–Trinajstić information content (AvgIpc) is 3.02. The lowest BCUT2D eigenvalue weighted by molar-refractivity contribution is -0.132. The highest BCUT2D eigenvalue weighted by molar-refractivity contribution is 5.93. The van der Waals surface area contributed by atoms with Gasteiger partial charge in [-0.2, -0.15) is 10.2 Å². The number of nitrogens with zero attached hydrogens (tertiary/aromatic N) is 3. The van der Waals surface area contributed by atoms with Crippen LogP contribution in [0.15, 0.2) is 18.5 Å². The van der Waals surface area contributed by atoms with Gasteiger partial charge in [0, 0.05) is 37.4 Å². The van der Waals surface area contributed by atoms with E-state index >= 15 is 0 Å². The SMILES string of the molecule is C[C@@H]1C[C@@H]1C(=O)N1C[C@@H]2[C@H](CNC(=O)c3ccnnc3)CO[C@@H]2C1. The maximum atomic E-state index is 12.4. The Morgan fingerprint density at radius 3 is 2.92 bits per heavy atom. The van der Waals surface area contributed by atoms with Crippen molar-refractivity contribution in [3.63, 3.8) is 0 Å². The number of hydrogen-bond acceptors (Lipinski definition) is 5. The van der Waals surface area contributed by atoms with Crippen LogP contribution in [0.4, 0.5) is 0 Å². The second-order valence-corrected chi connectivity index (χ2v) is 7.20. The molecular formula is C17H22N4O3. The molecule has 0 spiro atoms. The minimum Gasteiger partial charge on any atom is -0.376 e. The molecule has 3 aliphatic rings. The van der Waals surface area contributed by atoms with E-state index in [9.17, 15) is 9.59 Å². The second kappa shape index (κ2) is 6.12. The predicted molar refractivity (Wildman–Crippen MR) is 84.9 cm³/mol. The van der Waals surface area contributed by atoms with Crippen molar-refractivity contribution in [3.05, 3.63) is 24.0 Å². The van der Waals surface area contributed by atoms with Gasteiger partial charge in [-0.3, -0.25) is 9.59 Å². The maximum Gasteiger partial charge on any atom is 0.252 e. The molecule has 1 N–H and O–H groups in total. The Balaban J connectivity index is 1.31. The molecule has 1 aromatic rings. The molecule has 0 radical (unpaired) electrons. The van der Waals surface area contributed by atoms with Crippen LogP contribution in [0.3, 0.4) is 0 Å². The molecule has 1 saturated carbocycles. The molecule has 0 unspecified atom stereocenters. The fourth-order valence-electron chi connectivity index (χ4n) is 3.84. The largest absolute Gasteiger partial charge is 0.376 e. The summed E-state index contributed by atoms with van der Waals surface area (Å²) in [6.45, 7) is 4.79. The molecule has 5 atom stereocenters. The fraction of sp³-hybridized carbons (Fsp3) is 0.647. The molecule has 2 aliphatic heterocycles. The number of nitrogens with one attached hydrogen (secondary N) is 1. The van der Waals surface area contributed by atoms with Gasteiger partial charge in [-0.25, -0.2) is 0 Å². The monoisotopic (exact) mass is 330 g/mol. The van der Waals surface area contributed by atoms with Gasteiger partial charge in [0.25, 0.3) is 5.91 Å². The van der Waals surface area contributed by atoms with Crippen molar-refractivity contribution < 1.29 is 14.3 Å². The third-order valence-electron chi connectivity index (χ3n) is 5.55. The minimum atomic E-state index is -0.147. The van der Waals surface area contributed by atoms with E-state index in [1.165, 1.54) is 12.4 Å². The van der Waals surface area contributed by atoms with Gasteiger partial charge in [0.1, 0.15) is 0 Å². The molecule has 7 heteroatoms. The highest BCUT2D eigenvalue weighted by Crippen LogP contribution is 2.41. The van der Waals surface area contributed by atoms with E-state index in [-0.39, 0.29) is 29.8 Å². The predicted octanol–water partition coefficient (Wildman–Crippen LogP) is 0.336. The Labute approximate surface area is 140 Å². The zero-order valence-corrected chi connectivity index (χ0v) is 13.7. The first-order valence-corrected chi connectivity index (χ1v) is 8.58. The highest BCUT2D eigenvalue weighted by Gasteiger charge is 2.49. The number of carbonyl (C=O) groups excluding carboxylic acids is 2. The number of carbonyl (C=O) groups is 2. The topological polar surface area (TPSA) is 84.4 Å². The number of hydrogen-bond donors (Lipinski definition) is 1. The van der Waals surface area contributed by atoms with Crippen molar-refractivity contribution in [2.75, 3.05) is 26.2 Å². The molecule has 2 saturated heterocycles. The van der Waals surface area contributed by atoms with Gasteiger partial charge in [-0.15, -0.1) is 0 Å². The van der Waals surface area contributed by atoms with Gasteiger partial charge in [0.05, 0.1) is 30.7 Å². The van der Waals surface area contributed by atoms with Crippen molar-refractivity contribution in [1.82, 2.24) is 20.4 Å². The number of rotatable bonds is 4. The van der Waals surface area contributed by atoms with Crippen molar-refractivity contribution in [2.24, 2.45) is 23.7 Å². The number of ether oxygens (including phenoxy) is 1. The van der Waals surface area contributed by atoms with E-state index in [2.05, 4.69) is 22.4 Å². The zero-order valence-electron chi connectivity index (χ0n) is 13.7. The van der Waals surface area contributed by atoms with Gasteiger partial charge < -0.3 is 15.0 Å². The third-order valence-corrected chi connectivity index (χ3v) is 5.55. The average molecular weight is 330 g/mol. The van der Waals surface area contributed by atoms with Crippen molar-refractivity contribution >= 4 is 11.8 Å². The van der Waals surface area contributed by atoms with Crippen LogP contribution < -0.4 is 5.32 Å². The first-order chi connectivity index (χ1) is 11.6. The Kier molecular flexibility index (Phi) is 3.96. The Bertz CT molecular complexity index is 638. The highest BCUT2D eigenvalue weighted by atomic mass is 16.5. The van der Waals surface area contributed by atoms with Crippen molar-refractivity contribution in [1.29, 1.82) is 0 Å². The zero-order chi connectivity index (χ0) is 16.7. The summed E-state index contributed by atoms with van der Waals surface area (Å²) in [4.78, 5) is 26.5. The molecule has 1 aliphatic carbocycles. The molecule has 4 rings (SSSR count). The van der Waals surface area contributed by atoms with Crippen LogP contribution in [-0.4, -0.2) is 59.3 Å². The molecule has 24 heavy (non-hydrogen) atoms. The molecule has 7 nitrogen and oxygen atoms in total. The number of fused-ring (bicyclic) bond motifs is 1. The first-order valence-electron chi connectivity index (χ1n) is 8.58. The van der Waals surface area contributed by atoms with Gasteiger partial charge in [-0.05, 0) is 18.4 Å². The summed E-state index contributed by atoms with van der Waals surface area (Å²) in [6.07, 6.45) is 4.09. The van der Waals surface area contributed by atoms with E-state index in [0.29, 0.717) is 37.1 Å². The van der Waals surface area contributed by atoms with Crippen LogP contribution in [0.1, 0.15) is 23.7 Å². The lowest BCUT2D eigenvalue weighted by Crippen LogP contribution is -2.36. The normalized spacial score (nSPS) is 34.0. The van der Waals surface area contributed by atoms with Crippen LogP contribution >= 0.6 is 0 Å². The molecule has 0 aromatic carbocycles. The summed E-state index contributed by atoms with van der Waals surface area (Å²) in [6, 6.07) is 1.64. The van der Waals surface area contributed by atoms with E-state index in [4.69, 9.17) is 4.74 Å². The first kappa shape index (κ1) is 15.5. The lowest BCUT2D eigenvalue weighted by Gasteiger charge is -2.20. The van der Waals surface area contributed by atoms with Crippen LogP contribution in [-0.2, 0) is 9.53 Å². The minimum absolute atomic E-state index is 0.118. The van der Waals surface area contributed by atoms with Gasteiger partial charge >= 0.3 is 0 Å². The van der Waals surface area contributed by atoms with Gasteiger partial charge in [-0.1, -0.05) is 6.92 Å². The summed E-state index contributed by atoms with van der Waals surface area (Å²) in [7, 11) is 0. The molecule has 3 fully saturated rings. The van der Waals surface area contributed by atoms with Crippen molar-refractivity contribution in [3.8, 4) is 0 Å². The smallest absolute Gasteiger partial charge is 0.252 e. The summed E-state index contributed by atoms with van der Waals surface area (Å²) in [5.41, 5.74) is 0.506. The molecule has 1 aromatic heterocycles. The number of likely N-dealkylation sites (tertiary alicyclic amines) is 1. The van der Waals surface area contributed by atoms with E-state index in [0.717, 1.165) is 13.0 Å². The van der Waals surface area contributed by atoms with Gasteiger partial charge in [0.2, 0.25) is 5.91 Å². The Morgan fingerprint density at radius 1 is 1.38 bits per heavy atom. The lowest BCUT2D eigenvalue weighted by atomic mass is 9.93. The molecule has 0 bridgehead atoms. The van der Waals surface area contributed by atoms with Crippen LogP contribution in [0, 0.1) is 23.7 Å². The summed E-state index contributed by atoms with van der Waals surface area (Å²) in [5.74, 6) is 1.46. The maximum absolute atomic E-state index is 12.4. The quantitative estimate of drug-likeness (QED) is 0.860. The van der Waals surface area contributed by atoms with Crippen LogP contribution in [0.2, 0.25) is 0 Å². The van der Waals surface area contributed by atoms with Crippen LogP contribution in [0.5, 0.6) is 0 Å². The van der Waals surface area contributed by atoms with Crippen LogP contribution in [0.25, 0.3) is 0 Å². The van der Waals surface area contributed by atoms with E-state index in [1.54, 1.807) is 6.07 Å². The van der Waals surface area contributed by atoms with Gasteiger partial charge in [0.15, 0.2) is 0 Å². The molecule has 128 valence electrons. The number of amides is 2. The Hall–Kier alpha value is -2.02. The third kappa shape index (κ3) is 2.88. The standard InChI is InChI=1S/C17H22N4O3/c1-10-4-13(10)17(23)21-7-14-12(9-24-15(14)8-21)5-18-16(22)11-2-3-19-20-6-11/h2-3,6,10,12-15H,4-5,7-9H2,1H3,(H,18,22)/t10-,12-,13+,14-,15-/m1/s1. The fourth-order valence-corrected chi connectivity index (χ4v) is 3.84. The van der Waals surface area contributed by atoms with E-state index < -0.39 is 0 Å². The molecule has 2 amide bonds. The summed E-state index contributed by atoms with van der Waals surface area (Å²) >= 11 is 0.